The molecule has 0 bridgehead atoms. The van der Waals surface area contributed by atoms with Crippen LogP contribution in [0.25, 0.3) is 0 Å². The number of piperidine rings is 1. The fourth-order valence-corrected chi connectivity index (χ4v) is 7.57. The molecule has 1 saturated heterocycles. The molecule has 0 radical (unpaired) electrons. The first-order valence-electron chi connectivity index (χ1n) is 13.1. The Kier molecular flexibility index (Phi) is 8.85. The Hall–Kier alpha value is -2.65. The van der Waals surface area contributed by atoms with Crippen LogP contribution in [-0.2, 0) is 32.2 Å². The highest BCUT2D eigenvalue weighted by Gasteiger charge is 2.53. The van der Waals surface area contributed by atoms with Gasteiger partial charge in [0.25, 0.3) is 5.91 Å². The summed E-state index contributed by atoms with van der Waals surface area (Å²) in [5.74, 6) is -0.630. The number of nitriles is 1. The monoisotopic (exact) mass is 597 g/mol. The Morgan fingerprint density at radius 2 is 1.80 bits per heavy atom. The van der Waals surface area contributed by atoms with Crippen molar-refractivity contribution in [1.82, 2.24) is 10.2 Å². The van der Waals surface area contributed by atoms with E-state index < -0.39 is 48.8 Å². The van der Waals surface area contributed by atoms with Crippen LogP contribution in [0.3, 0.4) is 0 Å². The topological polar surface area (TPSA) is 99.5 Å². The Balaban J connectivity index is 1.64. The largest absolute Gasteiger partial charge is 0.417 e. The zero-order valence-corrected chi connectivity index (χ0v) is 23.6. The zero-order valence-electron chi connectivity index (χ0n) is 22.0. The first-order valence-corrected chi connectivity index (χ1v) is 15.0. The number of rotatable bonds is 8. The summed E-state index contributed by atoms with van der Waals surface area (Å²) in [5, 5.41) is 12.1. The number of benzene rings is 2. The van der Waals surface area contributed by atoms with Gasteiger partial charge in [0.2, 0.25) is 0 Å². The molecule has 7 nitrogen and oxygen atoms in total. The van der Waals surface area contributed by atoms with Crippen LogP contribution in [0.4, 0.5) is 13.2 Å². The van der Waals surface area contributed by atoms with E-state index in [1.165, 1.54) is 6.07 Å². The van der Waals surface area contributed by atoms with E-state index in [2.05, 4.69) is 16.3 Å². The molecule has 1 aliphatic carbocycles. The number of hydrogen-bond acceptors (Lipinski definition) is 6. The summed E-state index contributed by atoms with van der Waals surface area (Å²) in [6.45, 7) is 3.97. The molecule has 1 saturated carbocycles. The van der Waals surface area contributed by atoms with Crippen molar-refractivity contribution in [3.63, 3.8) is 0 Å². The second-order valence-electron chi connectivity index (χ2n) is 10.4. The van der Waals surface area contributed by atoms with Gasteiger partial charge in [-0.05, 0) is 62.1 Å². The number of carbonyl (C=O) groups excluding carboxylic acids is 1. The molecule has 1 amide bonds. The number of halogens is 4. The first kappa shape index (κ1) is 30.3. The number of sulfone groups is 1. The van der Waals surface area contributed by atoms with Gasteiger partial charge in [-0.2, -0.15) is 18.4 Å². The minimum Gasteiger partial charge on any atom is -0.360 e. The molecule has 2 atom stereocenters. The van der Waals surface area contributed by atoms with Crippen molar-refractivity contribution in [2.45, 2.75) is 73.1 Å². The number of alkyl halides is 3. The maximum atomic E-state index is 13.9. The lowest BCUT2D eigenvalue weighted by atomic mass is 9.87. The van der Waals surface area contributed by atoms with Crippen LogP contribution < -0.4 is 5.32 Å². The number of carbonyl (C=O) groups is 1. The molecule has 2 aromatic rings. The van der Waals surface area contributed by atoms with Crippen molar-refractivity contribution in [3.8, 4) is 6.07 Å². The molecule has 2 aliphatic rings. The third-order valence-electron chi connectivity index (χ3n) is 7.93. The molecule has 12 heteroatoms. The molecule has 2 aromatic carbocycles. The average Bonchev–Trinajstić information content (AvgIpc) is 3.39. The minimum absolute atomic E-state index is 0.0346. The van der Waals surface area contributed by atoms with Crippen molar-refractivity contribution in [2.75, 3.05) is 19.6 Å². The molecule has 1 N–H and O–H groups in total. The number of ether oxygens (including phenoxy) is 1. The van der Waals surface area contributed by atoms with Crippen LogP contribution in [0.15, 0.2) is 53.4 Å². The van der Waals surface area contributed by atoms with Gasteiger partial charge >= 0.3 is 6.18 Å². The van der Waals surface area contributed by atoms with Crippen LogP contribution in [0, 0.1) is 11.3 Å². The number of nitrogens with zero attached hydrogens (tertiary/aromatic N) is 2. The first-order chi connectivity index (χ1) is 18.8. The van der Waals surface area contributed by atoms with Gasteiger partial charge in [0.1, 0.15) is 11.1 Å². The maximum absolute atomic E-state index is 13.9. The highest BCUT2D eigenvalue weighted by Crippen LogP contribution is 2.43. The lowest BCUT2D eigenvalue weighted by Crippen LogP contribution is -2.59. The fraction of sp³-hybridized carbons (Fsp3) is 0.500. The zero-order chi connectivity index (χ0) is 29.2. The minimum atomic E-state index is -4.87. The van der Waals surface area contributed by atoms with Gasteiger partial charge in [0.15, 0.2) is 9.84 Å². The van der Waals surface area contributed by atoms with E-state index >= 15 is 0 Å². The van der Waals surface area contributed by atoms with Crippen LogP contribution in [0.2, 0.25) is 5.02 Å². The molecule has 1 heterocycles. The molecule has 2 fully saturated rings. The van der Waals surface area contributed by atoms with E-state index in [0.717, 1.165) is 24.7 Å². The van der Waals surface area contributed by atoms with Gasteiger partial charge in [0.05, 0.1) is 28.4 Å². The van der Waals surface area contributed by atoms with E-state index in [1.54, 1.807) is 24.3 Å². The van der Waals surface area contributed by atoms with Crippen molar-refractivity contribution in [3.05, 3.63) is 64.7 Å². The van der Waals surface area contributed by atoms with Gasteiger partial charge < -0.3 is 15.0 Å². The highest BCUT2D eigenvalue weighted by atomic mass is 35.5. The summed E-state index contributed by atoms with van der Waals surface area (Å²) in [6, 6.07) is 13.0. The second kappa shape index (κ2) is 11.7. The van der Waals surface area contributed by atoms with E-state index in [0.29, 0.717) is 36.5 Å². The Bertz CT molecular complexity index is 1370. The summed E-state index contributed by atoms with van der Waals surface area (Å²) >= 11 is 5.96. The smallest absolute Gasteiger partial charge is 0.360 e. The van der Waals surface area contributed by atoms with Gasteiger partial charge in [-0.1, -0.05) is 42.8 Å². The predicted molar refractivity (Wildman–Crippen MR) is 143 cm³/mol. The third kappa shape index (κ3) is 6.30. The molecular weight excluding hydrogens is 567 g/mol. The molecule has 216 valence electrons. The van der Waals surface area contributed by atoms with Crippen LogP contribution >= 0.6 is 11.6 Å². The van der Waals surface area contributed by atoms with E-state index in [-0.39, 0.29) is 25.9 Å². The fourth-order valence-electron chi connectivity index (χ4n) is 5.41. The average molecular weight is 598 g/mol. The number of nitrogens with one attached hydrogen (secondary N) is 1. The van der Waals surface area contributed by atoms with Crippen molar-refractivity contribution < 1.29 is 31.1 Å². The molecule has 4 rings (SSSR count). The normalized spacial score (nSPS) is 23.4. The second-order valence-corrected chi connectivity index (χ2v) is 13.0. The van der Waals surface area contributed by atoms with E-state index in [4.69, 9.17) is 16.3 Å². The summed E-state index contributed by atoms with van der Waals surface area (Å²) in [7, 11) is -4.48. The quantitative estimate of drug-likeness (QED) is 0.453. The van der Waals surface area contributed by atoms with Gasteiger partial charge in [0, 0.05) is 24.5 Å². The Morgan fingerprint density at radius 3 is 2.40 bits per heavy atom. The molecule has 40 heavy (non-hydrogen) atoms. The SMILES string of the molecule is CCN1CCC(C#N)(NC(=O)C2(OCc3ccc(Cl)cc3)CCC(S(=O)(=O)c3ccccc3C(F)(F)F)C2)CC1. The lowest BCUT2D eigenvalue weighted by Gasteiger charge is -2.39. The standard InChI is InChI=1S/C28H31ClF3N3O4S/c1-2-35-15-13-26(19-33,14-16-35)34-25(36)27(39-18-20-7-9-21(29)10-8-20)12-11-22(17-27)40(37,38)24-6-4-3-5-23(24)28(30,31)32/h3-10,22H,2,11-18H2,1H3,(H,34,36). The lowest BCUT2D eigenvalue weighted by molar-refractivity contribution is -0.150. The molecule has 1 aliphatic heterocycles. The van der Waals surface area contributed by atoms with E-state index in [9.17, 15) is 31.6 Å². The Labute approximate surface area is 237 Å². The predicted octanol–water partition coefficient (Wildman–Crippen LogP) is 5.13. The molecule has 0 aromatic heterocycles. The highest BCUT2D eigenvalue weighted by molar-refractivity contribution is 7.92. The summed E-state index contributed by atoms with van der Waals surface area (Å²) in [5.41, 5.74) is -3.38. The molecular formula is C28H31ClF3N3O4S. The summed E-state index contributed by atoms with van der Waals surface area (Å²) in [6.07, 6.45) is -4.55. The van der Waals surface area contributed by atoms with Crippen molar-refractivity contribution in [2.24, 2.45) is 0 Å². The van der Waals surface area contributed by atoms with Gasteiger partial charge in [-0.3, -0.25) is 4.79 Å². The maximum Gasteiger partial charge on any atom is 0.417 e. The summed E-state index contributed by atoms with van der Waals surface area (Å²) in [4.78, 5) is 15.2. The Morgan fingerprint density at radius 1 is 1.15 bits per heavy atom. The van der Waals surface area contributed by atoms with Crippen molar-refractivity contribution in [1.29, 1.82) is 5.26 Å². The third-order valence-corrected chi connectivity index (χ3v) is 10.4. The number of amides is 1. The van der Waals surface area contributed by atoms with Crippen molar-refractivity contribution >= 4 is 27.3 Å². The number of likely N-dealkylation sites (tertiary alicyclic amines) is 1. The number of hydrogen-bond donors (Lipinski definition) is 1. The molecule has 0 spiro atoms. The van der Waals surface area contributed by atoms with Crippen LogP contribution in [0.5, 0.6) is 0 Å². The van der Waals surface area contributed by atoms with Crippen LogP contribution in [-0.4, -0.2) is 55.2 Å². The summed E-state index contributed by atoms with van der Waals surface area (Å²) < 4.78 is 74.3. The van der Waals surface area contributed by atoms with E-state index in [1.807, 2.05) is 6.92 Å². The van der Waals surface area contributed by atoms with Gasteiger partial charge in [-0.15, -0.1) is 0 Å². The molecule has 2 unspecified atom stereocenters. The van der Waals surface area contributed by atoms with Gasteiger partial charge in [-0.25, -0.2) is 8.42 Å². The van der Waals surface area contributed by atoms with Crippen LogP contribution in [0.1, 0.15) is 50.2 Å².